The van der Waals surface area contributed by atoms with Gasteiger partial charge in [0.05, 0.1) is 25.5 Å². The first-order valence-corrected chi connectivity index (χ1v) is 10.4. The summed E-state index contributed by atoms with van der Waals surface area (Å²) in [5, 5.41) is 7.23. The molecule has 0 aliphatic carbocycles. The number of halogens is 1. The number of hydrogen-bond acceptors (Lipinski definition) is 5. The lowest BCUT2D eigenvalue weighted by Gasteiger charge is -2.19. The third kappa shape index (κ3) is 4.38. The Morgan fingerprint density at radius 3 is 2.26 bits per heavy atom. The second-order valence-corrected chi connectivity index (χ2v) is 7.41. The minimum absolute atomic E-state index is 0.132. The molecule has 172 valence electrons. The molecule has 4 aromatic rings. The van der Waals surface area contributed by atoms with Crippen LogP contribution in [-0.4, -0.2) is 29.9 Å². The lowest BCUT2D eigenvalue weighted by molar-refractivity contribution is 0.102. The van der Waals surface area contributed by atoms with E-state index in [1.165, 1.54) is 43.2 Å². The third-order valence-corrected chi connectivity index (χ3v) is 5.29. The van der Waals surface area contributed by atoms with E-state index in [9.17, 15) is 14.0 Å². The van der Waals surface area contributed by atoms with Gasteiger partial charge in [-0.05, 0) is 61.5 Å². The molecule has 34 heavy (non-hydrogen) atoms. The molecule has 0 fully saturated rings. The molecule has 0 atom stereocenters. The summed E-state index contributed by atoms with van der Waals surface area (Å²) in [4.78, 5) is 26.5. The van der Waals surface area contributed by atoms with Gasteiger partial charge in [0.15, 0.2) is 0 Å². The zero-order valence-corrected chi connectivity index (χ0v) is 18.8. The molecule has 0 bridgehead atoms. The summed E-state index contributed by atoms with van der Waals surface area (Å²) in [6, 6.07) is 19.1. The van der Waals surface area contributed by atoms with Gasteiger partial charge in [-0.1, -0.05) is 18.2 Å². The van der Waals surface area contributed by atoms with Crippen molar-refractivity contribution in [3.8, 4) is 28.3 Å². The van der Waals surface area contributed by atoms with E-state index >= 15 is 0 Å². The molecule has 8 heteroatoms. The number of carbonyl (C=O) groups is 1. The predicted molar refractivity (Wildman–Crippen MR) is 127 cm³/mol. The van der Waals surface area contributed by atoms with Crippen LogP contribution in [0.15, 0.2) is 77.6 Å². The normalized spacial score (nSPS) is 10.6. The highest BCUT2D eigenvalue weighted by Crippen LogP contribution is 2.34. The Bertz CT molecular complexity index is 1400. The first-order valence-electron chi connectivity index (χ1n) is 10.4. The number of rotatable bonds is 6. The molecule has 0 unspecified atom stereocenters. The molecule has 7 nitrogen and oxygen atoms in total. The SMILES string of the molecule is COc1ccc(C(=O)Nc2c(-c3ccccc3OC)c(=O)c(C)nn2-c2ccc(F)cc2)cc1. The van der Waals surface area contributed by atoms with Gasteiger partial charge in [-0.15, -0.1) is 0 Å². The Labute approximate surface area is 195 Å². The molecule has 1 amide bonds. The van der Waals surface area contributed by atoms with Crippen molar-refractivity contribution in [1.82, 2.24) is 9.78 Å². The molecule has 0 aliphatic heterocycles. The fourth-order valence-electron chi connectivity index (χ4n) is 3.55. The van der Waals surface area contributed by atoms with E-state index in [-0.39, 0.29) is 22.5 Å². The average molecular weight is 459 g/mol. The molecule has 0 radical (unpaired) electrons. The number of aryl methyl sites for hydroxylation is 1. The number of aromatic nitrogens is 2. The van der Waals surface area contributed by atoms with Crippen LogP contribution in [0.1, 0.15) is 16.1 Å². The minimum atomic E-state index is -0.459. The highest BCUT2D eigenvalue weighted by molar-refractivity contribution is 6.06. The molecule has 0 spiro atoms. The summed E-state index contributed by atoms with van der Waals surface area (Å²) in [7, 11) is 3.04. The van der Waals surface area contributed by atoms with Crippen molar-refractivity contribution in [2.24, 2.45) is 0 Å². The number of para-hydroxylation sites is 1. The first-order chi connectivity index (χ1) is 16.4. The molecule has 1 aromatic heterocycles. The van der Waals surface area contributed by atoms with Crippen molar-refractivity contribution < 1.29 is 18.7 Å². The van der Waals surface area contributed by atoms with Crippen LogP contribution in [0.3, 0.4) is 0 Å². The number of anilines is 1. The zero-order valence-electron chi connectivity index (χ0n) is 18.8. The highest BCUT2D eigenvalue weighted by atomic mass is 19.1. The maximum absolute atomic E-state index is 13.6. The van der Waals surface area contributed by atoms with Gasteiger partial charge in [0, 0.05) is 11.1 Å². The molecule has 1 N–H and O–H groups in total. The summed E-state index contributed by atoms with van der Waals surface area (Å²) >= 11 is 0. The van der Waals surface area contributed by atoms with Crippen LogP contribution in [0.5, 0.6) is 11.5 Å². The topological polar surface area (TPSA) is 82.4 Å². The van der Waals surface area contributed by atoms with Crippen molar-refractivity contribution in [3.05, 3.63) is 100 Å². The Hall–Kier alpha value is -4.46. The van der Waals surface area contributed by atoms with Gasteiger partial charge in [-0.3, -0.25) is 9.59 Å². The average Bonchev–Trinajstić information content (AvgIpc) is 2.87. The molecule has 0 saturated heterocycles. The number of amides is 1. The fraction of sp³-hybridized carbons (Fsp3) is 0.115. The Morgan fingerprint density at radius 1 is 0.941 bits per heavy atom. The molecule has 1 heterocycles. The van der Waals surface area contributed by atoms with E-state index in [4.69, 9.17) is 9.47 Å². The van der Waals surface area contributed by atoms with Gasteiger partial charge in [0.2, 0.25) is 5.43 Å². The van der Waals surface area contributed by atoms with Crippen LogP contribution in [0.25, 0.3) is 16.8 Å². The second-order valence-electron chi connectivity index (χ2n) is 7.41. The van der Waals surface area contributed by atoms with E-state index < -0.39 is 11.7 Å². The Balaban J connectivity index is 1.95. The van der Waals surface area contributed by atoms with Crippen LogP contribution in [0.2, 0.25) is 0 Å². The van der Waals surface area contributed by atoms with Gasteiger partial charge >= 0.3 is 0 Å². The van der Waals surface area contributed by atoms with E-state index in [1.54, 1.807) is 55.5 Å². The number of benzene rings is 3. The van der Waals surface area contributed by atoms with Crippen LogP contribution in [-0.2, 0) is 0 Å². The third-order valence-electron chi connectivity index (χ3n) is 5.29. The quantitative estimate of drug-likeness (QED) is 0.455. The molecular formula is C26H22FN3O4. The molecule has 0 aliphatic rings. The summed E-state index contributed by atoms with van der Waals surface area (Å²) in [6.45, 7) is 1.58. The lowest BCUT2D eigenvalue weighted by Crippen LogP contribution is -2.25. The lowest BCUT2D eigenvalue weighted by atomic mass is 10.0. The summed E-state index contributed by atoms with van der Waals surface area (Å²) in [5.74, 6) is 0.310. The van der Waals surface area contributed by atoms with E-state index in [2.05, 4.69) is 10.4 Å². The number of methoxy groups -OCH3 is 2. The monoisotopic (exact) mass is 459 g/mol. The minimum Gasteiger partial charge on any atom is -0.497 e. The van der Waals surface area contributed by atoms with Crippen LogP contribution >= 0.6 is 0 Å². The zero-order chi connectivity index (χ0) is 24.2. The summed E-state index contributed by atoms with van der Waals surface area (Å²) in [5.41, 5.74) is 1.34. The largest absolute Gasteiger partial charge is 0.497 e. The van der Waals surface area contributed by atoms with Gasteiger partial charge in [-0.25, -0.2) is 9.07 Å². The van der Waals surface area contributed by atoms with Crippen molar-refractivity contribution in [3.63, 3.8) is 0 Å². The van der Waals surface area contributed by atoms with Crippen molar-refractivity contribution in [1.29, 1.82) is 0 Å². The number of nitrogens with one attached hydrogen (secondary N) is 1. The van der Waals surface area contributed by atoms with E-state index in [0.717, 1.165) is 0 Å². The number of hydrogen-bond donors (Lipinski definition) is 1. The van der Waals surface area contributed by atoms with Gasteiger partial charge in [0.25, 0.3) is 5.91 Å². The number of ether oxygens (including phenoxy) is 2. The molecule has 0 saturated carbocycles. The number of carbonyl (C=O) groups excluding carboxylic acids is 1. The second kappa shape index (κ2) is 9.58. The molecular weight excluding hydrogens is 437 g/mol. The molecule has 3 aromatic carbocycles. The van der Waals surface area contributed by atoms with Gasteiger partial charge < -0.3 is 14.8 Å². The summed E-state index contributed by atoms with van der Waals surface area (Å²) < 4.78 is 25.7. The van der Waals surface area contributed by atoms with Gasteiger partial charge in [0.1, 0.15) is 28.8 Å². The van der Waals surface area contributed by atoms with E-state index in [0.29, 0.717) is 28.3 Å². The smallest absolute Gasteiger partial charge is 0.256 e. The van der Waals surface area contributed by atoms with Crippen LogP contribution in [0.4, 0.5) is 10.2 Å². The Kier molecular flexibility index (Phi) is 6.40. The number of nitrogens with zero attached hydrogens (tertiary/aromatic N) is 2. The van der Waals surface area contributed by atoms with Gasteiger partial charge in [-0.2, -0.15) is 5.10 Å². The molecule has 4 rings (SSSR count). The van der Waals surface area contributed by atoms with Crippen molar-refractivity contribution >= 4 is 11.7 Å². The highest BCUT2D eigenvalue weighted by Gasteiger charge is 2.23. The first kappa shape index (κ1) is 22.7. The summed E-state index contributed by atoms with van der Waals surface area (Å²) in [6.07, 6.45) is 0. The Morgan fingerprint density at radius 2 is 1.62 bits per heavy atom. The van der Waals surface area contributed by atoms with Crippen molar-refractivity contribution in [2.45, 2.75) is 6.92 Å². The van der Waals surface area contributed by atoms with Crippen LogP contribution in [0, 0.1) is 12.7 Å². The fourth-order valence-corrected chi connectivity index (χ4v) is 3.55. The standard InChI is InChI=1S/C26H22FN3O4/c1-16-24(31)23(21-6-4-5-7-22(21)34-3)25(30(29-16)19-12-10-18(27)11-13-19)28-26(32)17-8-14-20(33-2)15-9-17/h4-15H,1-3H3,(H,28,32). The van der Waals surface area contributed by atoms with E-state index in [1.807, 2.05) is 0 Å². The maximum Gasteiger partial charge on any atom is 0.256 e. The van der Waals surface area contributed by atoms with Crippen molar-refractivity contribution in [2.75, 3.05) is 19.5 Å². The maximum atomic E-state index is 13.6. The van der Waals surface area contributed by atoms with Crippen LogP contribution < -0.4 is 20.2 Å². The predicted octanol–water partition coefficient (Wildman–Crippen LogP) is 4.62.